The number of rotatable bonds is 6. The Balaban J connectivity index is 2.91. The van der Waals surface area contributed by atoms with Crippen LogP contribution in [0.25, 0.3) is 0 Å². The van der Waals surface area contributed by atoms with Gasteiger partial charge in [0.05, 0.1) is 12.3 Å². The number of nitrogens with one attached hydrogen (secondary N) is 1. The third-order valence-electron chi connectivity index (χ3n) is 2.55. The first-order valence-corrected chi connectivity index (χ1v) is 7.11. The van der Waals surface area contributed by atoms with Crippen LogP contribution in [0.15, 0.2) is 23.1 Å². The maximum absolute atomic E-state index is 11.2. The third-order valence-corrected chi connectivity index (χ3v) is 3.53. The van der Waals surface area contributed by atoms with Gasteiger partial charge >= 0.3 is 0 Å². The van der Waals surface area contributed by atoms with Gasteiger partial charge in [-0.1, -0.05) is 6.92 Å². The quantitative estimate of drug-likeness (QED) is 0.663. The molecule has 1 aromatic rings. The van der Waals surface area contributed by atoms with Crippen LogP contribution in [0.1, 0.15) is 13.3 Å². The van der Waals surface area contributed by atoms with Crippen molar-refractivity contribution in [2.75, 3.05) is 24.8 Å². The van der Waals surface area contributed by atoms with E-state index in [1.54, 1.807) is 19.2 Å². The number of anilines is 2. The van der Waals surface area contributed by atoms with Gasteiger partial charge in [-0.05, 0) is 24.6 Å². The molecular weight excluding hydrogens is 254 g/mol. The molecule has 0 aliphatic carbocycles. The lowest BCUT2D eigenvalue weighted by Gasteiger charge is -2.18. The van der Waals surface area contributed by atoms with Crippen LogP contribution in [-0.4, -0.2) is 28.2 Å². The Kier molecular flexibility index (Phi) is 4.94. The van der Waals surface area contributed by atoms with Crippen molar-refractivity contribution in [2.45, 2.75) is 24.3 Å². The van der Waals surface area contributed by atoms with Gasteiger partial charge in [-0.3, -0.25) is 0 Å². The van der Waals surface area contributed by atoms with Crippen molar-refractivity contribution in [1.82, 2.24) is 0 Å². The summed E-state index contributed by atoms with van der Waals surface area (Å²) in [6.45, 7) is 2.59. The minimum absolute atomic E-state index is 0.0622. The summed E-state index contributed by atoms with van der Waals surface area (Å²) in [7, 11) is -2.14. The molecule has 0 saturated carbocycles. The molecule has 1 atom stereocenters. The Bertz CT molecular complexity index is 502. The SMILES string of the molecule is CCC(COC)Nc1ccc(S(N)(=O)=O)c(N)c1. The van der Waals surface area contributed by atoms with Crippen molar-refractivity contribution in [3.05, 3.63) is 18.2 Å². The molecule has 1 aromatic carbocycles. The smallest absolute Gasteiger partial charge is 0.240 e. The molecule has 6 nitrogen and oxygen atoms in total. The molecule has 0 bridgehead atoms. The van der Waals surface area contributed by atoms with E-state index in [-0.39, 0.29) is 16.6 Å². The molecule has 0 heterocycles. The van der Waals surface area contributed by atoms with Gasteiger partial charge in [0.2, 0.25) is 10.0 Å². The number of hydrogen-bond donors (Lipinski definition) is 3. The molecule has 0 fully saturated rings. The van der Waals surface area contributed by atoms with Crippen LogP contribution in [0, 0.1) is 0 Å². The Morgan fingerprint density at radius 2 is 2.11 bits per heavy atom. The fourth-order valence-corrected chi connectivity index (χ4v) is 2.24. The number of benzene rings is 1. The van der Waals surface area contributed by atoms with Gasteiger partial charge in [0.1, 0.15) is 4.90 Å². The molecule has 18 heavy (non-hydrogen) atoms. The van der Waals surface area contributed by atoms with E-state index in [4.69, 9.17) is 15.6 Å². The zero-order chi connectivity index (χ0) is 13.8. The normalized spacial score (nSPS) is 13.3. The predicted octanol–water partition coefficient (Wildman–Crippen LogP) is 0.753. The molecule has 0 saturated heterocycles. The summed E-state index contributed by atoms with van der Waals surface area (Å²) in [5.74, 6) is 0. The van der Waals surface area contributed by atoms with Crippen LogP contribution in [-0.2, 0) is 14.8 Å². The molecule has 0 spiro atoms. The Hall–Kier alpha value is -1.31. The predicted molar refractivity (Wildman–Crippen MR) is 71.8 cm³/mol. The number of ether oxygens (including phenoxy) is 1. The van der Waals surface area contributed by atoms with E-state index < -0.39 is 10.0 Å². The highest BCUT2D eigenvalue weighted by Gasteiger charge is 2.13. The summed E-state index contributed by atoms with van der Waals surface area (Å²) in [5, 5.41) is 8.24. The Morgan fingerprint density at radius 3 is 2.56 bits per heavy atom. The average molecular weight is 273 g/mol. The Morgan fingerprint density at radius 1 is 1.44 bits per heavy atom. The summed E-state index contributed by atoms with van der Waals surface area (Å²) in [6.07, 6.45) is 0.880. The number of methoxy groups -OCH3 is 1. The minimum atomic E-state index is -3.77. The lowest BCUT2D eigenvalue weighted by Crippen LogP contribution is -2.24. The largest absolute Gasteiger partial charge is 0.398 e. The Labute approximate surface area is 107 Å². The van der Waals surface area contributed by atoms with Gasteiger partial charge in [0, 0.05) is 18.8 Å². The topological polar surface area (TPSA) is 107 Å². The van der Waals surface area contributed by atoms with Crippen molar-refractivity contribution in [3.63, 3.8) is 0 Å². The first kappa shape index (κ1) is 14.7. The number of primary sulfonamides is 1. The van der Waals surface area contributed by atoms with Crippen LogP contribution >= 0.6 is 0 Å². The number of sulfonamides is 1. The van der Waals surface area contributed by atoms with Gasteiger partial charge in [-0.15, -0.1) is 0 Å². The van der Waals surface area contributed by atoms with E-state index in [9.17, 15) is 8.42 Å². The first-order chi connectivity index (χ1) is 8.38. The zero-order valence-electron chi connectivity index (χ0n) is 10.5. The molecule has 0 radical (unpaired) electrons. The summed E-state index contributed by atoms with van der Waals surface area (Å²) >= 11 is 0. The van der Waals surface area contributed by atoms with E-state index in [0.717, 1.165) is 12.1 Å². The summed E-state index contributed by atoms with van der Waals surface area (Å²) in [4.78, 5) is -0.0622. The van der Waals surface area contributed by atoms with E-state index >= 15 is 0 Å². The average Bonchev–Trinajstić information content (AvgIpc) is 2.26. The summed E-state index contributed by atoms with van der Waals surface area (Å²) in [5.41, 5.74) is 6.54. The molecule has 102 valence electrons. The number of nitrogens with two attached hydrogens (primary N) is 2. The van der Waals surface area contributed by atoms with E-state index in [0.29, 0.717) is 6.61 Å². The van der Waals surface area contributed by atoms with Gasteiger partial charge in [-0.25, -0.2) is 13.6 Å². The van der Waals surface area contributed by atoms with Crippen molar-refractivity contribution in [2.24, 2.45) is 5.14 Å². The molecule has 1 rings (SSSR count). The van der Waals surface area contributed by atoms with Gasteiger partial charge < -0.3 is 15.8 Å². The van der Waals surface area contributed by atoms with Crippen molar-refractivity contribution in [3.8, 4) is 0 Å². The highest BCUT2D eigenvalue weighted by atomic mass is 32.2. The van der Waals surface area contributed by atoms with Crippen LogP contribution in [0.2, 0.25) is 0 Å². The zero-order valence-corrected chi connectivity index (χ0v) is 11.3. The lowest BCUT2D eigenvalue weighted by atomic mass is 10.2. The highest BCUT2D eigenvalue weighted by Crippen LogP contribution is 2.22. The number of nitrogen functional groups attached to an aromatic ring is 1. The third kappa shape index (κ3) is 3.86. The van der Waals surface area contributed by atoms with Gasteiger partial charge in [0.25, 0.3) is 0 Å². The standard InChI is InChI=1S/C11H19N3O3S/c1-3-8(7-17-2)14-9-4-5-11(10(12)6-9)18(13,15)16/h4-6,8,14H,3,7,12H2,1-2H3,(H2,13,15,16). The van der Waals surface area contributed by atoms with Crippen LogP contribution < -0.4 is 16.2 Å². The van der Waals surface area contributed by atoms with E-state index in [1.165, 1.54) is 6.07 Å². The fourth-order valence-electron chi connectivity index (χ4n) is 1.60. The molecule has 5 N–H and O–H groups in total. The van der Waals surface area contributed by atoms with Crippen molar-refractivity contribution >= 4 is 21.4 Å². The summed E-state index contributed by atoms with van der Waals surface area (Å²) in [6, 6.07) is 4.73. The highest BCUT2D eigenvalue weighted by molar-refractivity contribution is 7.89. The molecule has 0 amide bonds. The van der Waals surface area contributed by atoms with Crippen LogP contribution in [0.3, 0.4) is 0 Å². The van der Waals surface area contributed by atoms with Gasteiger partial charge in [-0.2, -0.15) is 0 Å². The van der Waals surface area contributed by atoms with Crippen molar-refractivity contribution in [1.29, 1.82) is 0 Å². The second kappa shape index (κ2) is 6.03. The molecular formula is C11H19N3O3S. The van der Waals surface area contributed by atoms with Gasteiger partial charge in [0.15, 0.2) is 0 Å². The molecule has 1 unspecified atom stereocenters. The van der Waals surface area contributed by atoms with Crippen LogP contribution in [0.4, 0.5) is 11.4 Å². The molecule has 0 aliphatic heterocycles. The second-order valence-corrected chi connectivity index (χ2v) is 5.53. The summed E-state index contributed by atoms with van der Waals surface area (Å²) < 4.78 is 27.5. The van der Waals surface area contributed by atoms with E-state index in [2.05, 4.69) is 5.32 Å². The number of hydrogen-bond acceptors (Lipinski definition) is 5. The minimum Gasteiger partial charge on any atom is -0.398 e. The first-order valence-electron chi connectivity index (χ1n) is 5.56. The fraction of sp³-hybridized carbons (Fsp3) is 0.455. The van der Waals surface area contributed by atoms with E-state index in [1.807, 2.05) is 6.92 Å². The maximum Gasteiger partial charge on any atom is 0.240 e. The monoisotopic (exact) mass is 273 g/mol. The molecule has 0 aliphatic rings. The van der Waals surface area contributed by atoms with Crippen LogP contribution in [0.5, 0.6) is 0 Å². The lowest BCUT2D eigenvalue weighted by molar-refractivity contribution is 0.184. The molecule has 7 heteroatoms. The second-order valence-electron chi connectivity index (χ2n) is 4.00. The van der Waals surface area contributed by atoms with Crippen molar-refractivity contribution < 1.29 is 13.2 Å². The molecule has 0 aromatic heterocycles. The maximum atomic E-state index is 11.2.